The van der Waals surface area contributed by atoms with Gasteiger partial charge in [-0.3, -0.25) is 9.69 Å². The van der Waals surface area contributed by atoms with E-state index >= 15 is 0 Å². The van der Waals surface area contributed by atoms with Crippen molar-refractivity contribution >= 4 is 11.5 Å². The first kappa shape index (κ1) is 14.8. The highest BCUT2D eigenvalue weighted by molar-refractivity contribution is 5.81. The van der Waals surface area contributed by atoms with Gasteiger partial charge in [0.05, 0.1) is 19.3 Å². The molecular formula is C15H22N2O3. The fourth-order valence-corrected chi connectivity index (χ4v) is 2.49. The van der Waals surface area contributed by atoms with Crippen LogP contribution in [0.25, 0.3) is 0 Å². The van der Waals surface area contributed by atoms with Gasteiger partial charge in [0.1, 0.15) is 12.4 Å². The van der Waals surface area contributed by atoms with Crippen LogP contribution in [0.1, 0.15) is 0 Å². The van der Waals surface area contributed by atoms with Crippen LogP contribution in [0.15, 0.2) is 24.3 Å². The van der Waals surface area contributed by atoms with E-state index in [0.29, 0.717) is 6.54 Å². The quantitative estimate of drug-likeness (QED) is 0.777. The highest BCUT2D eigenvalue weighted by atomic mass is 16.5. The van der Waals surface area contributed by atoms with Crippen molar-refractivity contribution in [3.8, 4) is 5.75 Å². The number of benzene rings is 1. The first-order chi connectivity index (χ1) is 9.74. The second-order valence-electron chi connectivity index (χ2n) is 4.91. The van der Waals surface area contributed by atoms with Crippen LogP contribution in [0.4, 0.5) is 5.69 Å². The van der Waals surface area contributed by atoms with Gasteiger partial charge in [-0.2, -0.15) is 0 Å². The third-order valence-electron chi connectivity index (χ3n) is 3.50. The largest absolute Gasteiger partial charge is 0.495 e. The number of hydrogen-bond acceptors (Lipinski definition) is 5. The summed E-state index contributed by atoms with van der Waals surface area (Å²) in [6, 6.07) is 8.04. The van der Waals surface area contributed by atoms with Crippen LogP contribution in [0.5, 0.6) is 5.75 Å². The van der Waals surface area contributed by atoms with Crippen molar-refractivity contribution in [2.24, 2.45) is 0 Å². The van der Waals surface area contributed by atoms with Crippen LogP contribution in [0.2, 0.25) is 0 Å². The Morgan fingerprint density at radius 2 is 1.85 bits per heavy atom. The zero-order valence-corrected chi connectivity index (χ0v) is 12.2. The summed E-state index contributed by atoms with van der Waals surface area (Å²) in [6.45, 7) is 4.25. The van der Waals surface area contributed by atoms with Gasteiger partial charge in [-0.15, -0.1) is 0 Å². The number of hydrogen-bond donors (Lipinski definition) is 0. The number of ether oxygens (including phenoxy) is 2. The number of para-hydroxylation sites is 2. The van der Waals surface area contributed by atoms with Crippen molar-refractivity contribution in [3.63, 3.8) is 0 Å². The maximum absolute atomic E-state index is 11.6. The molecule has 0 amide bonds. The molecule has 5 heteroatoms. The van der Waals surface area contributed by atoms with Crippen molar-refractivity contribution in [2.45, 2.75) is 0 Å². The molecule has 1 aromatic carbocycles. The fourth-order valence-electron chi connectivity index (χ4n) is 2.49. The lowest BCUT2D eigenvalue weighted by Gasteiger charge is -2.36. The molecule has 1 aliphatic heterocycles. The molecule has 0 spiro atoms. The molecule has 1 aromatic rings. The zero-order valence-electron chi connectivity index (χ0n) is 12.2. The standard InChI is InChI=1S/C15H22N2O3/c1-19-12-13(18)11-16-7-9-17(10-8-16)14-5-3-4-6-15(14)20-2/h3-6H,7-12H2,1-2H3. The van der Waals surface area contributed by atoms with Gasteiger partial charge in [-0.25, -0.2) is 0 Å². The lowest BCUT2D eigenvalue weighted by atomic mass is 10.2. The Hall–Kier alpha value is -1.59. The van der Waals surface area contributed by atoms with E-state index in [-0.39, 0.29) is 12.4 Å². The summed E-state index contributed by atoms with van der Waals surface area (Å²) in [6.07, 6.45) is 0. The molecule has 0 unspecified atom stereocenters. The monoisotopic (exact) mass is 278 g/mol. The molecule has 0 aromatic heterocycles. The Morgan fingerprint density at radius 1 is 1.15 bits per heavy atom. The summed E-state index contributed by atoms with van der Waals surface area (Å²) in [7, 11) is 3.25. The van der Waals surface area contributed by atoms with Crippen molar-refractivity contribution in [3.05, 3.63) is 24.3 Å². The molecule has 0 bridgehead atoms. The SMILES string of the molecule is COCC(=O)CN1CCN(c2ccccc2OC)CC1. The Balaban J connectivity index is 1.89. The van der Waals surface area contributed by atoms with E-state index in [2.05, 4.69) is 15.9 Å². The van der Waals surface area contributed by atoms with E-state index in [1.807, 2.05) is 18.2 Å². The van der Waals surface area contributed by atoms with Crippen LogP contribution < -0.4 is 9.64 Å². The fraction of sp³-hybridized carbons (Fsp3) is 0.533. The van der Waals surface area contributed by atoms with Crippen LogP contribution in [-0.4, -0.2) is 64.2 Å². The minimum atomic E-state index is 0.137. The highest BCUT2D eigenvalue weighted by Crippen LogP contribution is 2.28. The number of anilines is 1. The van der Waals surface area contributed by atoms with Gasteiger partial charge >= 0.3 is 0 Å². The molecular weight excluding hydrogens is 256 g/mol. The molecule has 0 N–H and O–H groups in total. The summed E-state index contributed by atoms with van der Waals surface area (Å²) >= 11 is 0. The Bertz CT molecular complexity index is 442. The molecule has 1 saturated heterocycles. The van der Waals surface area contributed by atoms with Crippen molar-refractivity contribution in [1.82, 2.24) is 4.90 Å². The molecule has 0 aliphatic carbocycles. The second-order valence-corrected chi connectivity index (χ2v) is 4.91. The molecule has 0 radical (unpaired) electrons. The first-order valence-electron chi connectivity index (χ1n) is 6.85. The molecule has 1 heterocycles. The minimum absolute atomic E-state index is 0.137. The van der Waals surface area contributed by atoms with Gasteiger partial charge in [0, 0.05) is 33.3 Å². The van der Waals surface area contributed by atoms with Crippen LogP contribution in [0, 0.1) is 0 Å². The lowest BCUT2D eigenvalue weighted by Crippen LogP contribution is -2.48. The predicted molar refractivity (Wildman–Crippen MR) is 78.5 cm³/mol. The number of methoxy groups -OCH3 is 2. The number of carbonyl (C=O) groups is 1. The van der Waals surface area contributed by atoms with Gasteiger partial charge < -0.3 is 14.4 Å². The number of nitrogens with zero attached hydrogens (tertiary/aromatic N) is 2. The van der Waals surface area contributed by atoms with Crippen molar-refractivity contribution in [1.29, 1.82) is 0 Å². The van der Waals surface area contributed by atoms with Gasteiger partial charge in [-0.05, 0) is 12.1 Å². The van der Waals surface area contributed by atoms with E-state index < -0.39 is 0 Å². The topological polar surface area (TPSA) is 42.0 Å². The lowest BCUT2D eigenvalue weighted by molar-refractivity contribution is -0.123. The number of rotatable bonds is 6. The molecule has 0 atom stereocenters. The molecule has 1 fully saturated rings. The number of Topliss-reactive ketones (excluding diaryl/α,β-unsaturated/α-hetero) is 1. The number of piperazine rings is 1. The average molecular weight is 278 g/mol. The number of carbonyl (C=O) groups excluding carboxylic acids is 1. The van der Waals surface area contributed by atoms with E-state index in [0.717, 1.165) is 37.6 Å². The van der Waals surface area contributed by atoms with E-state index in [1.54, 1.807) is 14.2 Å². The highest BCUT2D eigenvalue weighted by Gasteiger charge is 2.20. The maximum Gasteiger partial charge on any atom is 0.172 e. The van der Waals surface area contributed by atoms with Crippen molar-refractivity contribution < 1.29 is 14.3 Å². The molecule has 0 saturated carbocycles. The average Bonchev–Trinajstić information content (AvgIpc) is 2.48. The third-order valence-corrected chi connectivity index (χ3v) is 3.50. The first-order valence-corrected chi connectivity index (χ1v) is 6.85. The Labute approximate surface area is 120 Å². The maximum atomic E-state index is 11.6. The molecule has 1 aliphatic rings. The van der Waals surface area contributed by atoms with Gasteiger partial charge in [0.2, 0.25) is 0 Å². The molecule has 2 rings (SSSR count). The van der Waals surface area contributed by atoms with Crippen molar-refractivity contribution in [2.75, 3.05) is 58.5 Å². The zero-order chi connectivity index (χ0) is 14.4. The summed E-state index contributed by atoms with van der Waals surface area (Å²) in [5, 5.41) is 0. The van der Waals surface area contributed by atoms with E-state index in [9.17, 15) is 4.79 Å². The summed E-state index contributed by atoms with van der Waals surface area (Å²) in [5.41, 5.74) is 1.12. The van der Waals surface area contributed by atoms with Crippen LogP contribution >= 0.6 is 0 Å². The van der Waals surface area contributed by atoms with Gasteiger partial charge in [-0.1, -0.05) is 12.1 Å². The van der Waals surface area contributed by atoms with Gasteiger partial charge in [0.15, 0.2) is 5.78 Å². The Kier molecular flexibility index (Phi) is 5.38. The summed E-state index contributed by atoms with van der Waals surface area (Å²) in [5.74, 6) is 1.04. The predicted octanol–water partition coefficient (Wildman–Crippen LogP) is 1.03. The summed E-state index contributed by atoms with van der Waals surface area (Å²) in [4.78, 5) is 16.0. The second kappa shape index (κ2) is 7.26. The van der Waals surface area contributed by atoms with E-state index in [4.69, 9.17) is 9.47 Å². The molecule has 5 nitrogen and oxygen atoms in total. The Morgan fingerprint density at radius 3 is 2.50 bits per heavy atom. The minimum Gasteiger partial charge on any atom is -0.495 e. The van der Waals surface area contributed by atoms with Gasteiger partial charge in [0.25, 0.3) is 0 Å². The third kappa shape index (κ3) is 3.71. The summed E-state index contributed by atoms with van der Waals surface area (Å²) < 4.78 is 10.3. The van der Waals surface area contributed by atoms with E-state index in [1.165, 1.54) is 0 Å². The molecule has 20 heavy (non-hydrogen) atoms. The number of ketones is 1. The smallest absolute Gasteiger partial charge is 0.172 e. The molecule has 110 valence electrons. The van der Waals surface area contributed by atoms with Crippen LogP contribution in [-0.2, 0) is 9.53 Å². The van der Waals surface area contributed by atoms with Crippen LogP contribution in [0.3, 0.4) is 0 Å². The normalized spacial score (nSPS) is 16.2.